The van der Waals surface area contributed by atoms with Crippen molar-refractivity contribution < 1.29 is 18.3 Å². The van der Waals surface area contributed by atoms with Crippen LogP contribution in [0.5, 0.6) is 0 Å². The Balaban J connectivity index is 1.87. The van der Waals surface area contributed by atoms with Crippen LogP contribution in [0.4, 0.5) is 0 Å². The average Bonchev–Trinajstić information content (AvgIpc) is 2.50. The van der Waals surface area contributed by atoms with E-state index in [1.54, 1.807) is 12.1 Å². The highest BCUT2D eigenvalue weighted by Gasteiger charge is 2.44. The van der Waals surface area contributed by atoms with E-state index in [0.717, 1.165) is 5.56 Å². The number of nitrogens with zero attached hydrogens (tertiary/aromatic N) is 1. The van der Waals surface area contributed by atoms with Crippen LogP contribution in [0.25, 0.3) is 0 Å². The molecule has 1 saturated heterocycles. The molecule has 0 saturated carbocycles. The maximum absolute atomic E-state index is 12.0. The largest absolute Gasteiger partial charge is 0.481 e. The fraction of sp³-hybridized carbons (Fsp3) is 0.417. The number of carboxylic acids is 1. The van der Waals surface area contributed by atoms with E-state index in [0.29, 0.717) is 18.0 Å². The van der Waals surface area contributed by atoms with E-state index in [2.05, 4.69) is 0 Å². The Labute approximate surface area is 105 Å². The summed E-state index contributed by atoms with van der Waals surface area (Å²) in [6.45, 7) is 0.869. The molecule has 2 heterocycles. The van der Waals surface area contributed by atoms with Gasteiger partial charge in [0.2, 0.25) is 0 Å². The van der Waals surface area contributed by atoms with Crippen LogP contribution >= 0.6 is 0 Å². The molecule has 1 aromatic carbocycles. The van der Waals surface area contributed by atoms with E-state index in [-0.39, 0.29) is 17.7 Å². The highest BCUT2D eigenvalue weighted by Crippen LogP contribution is 2.39. The number of carbonyl (C=O) groups is 1. The van der Waals surface area contributed by atoms with E-state index < -0.39 is 15.8 Å². The van der Waals surface area contributed by atoms with E-state index in [1.807, 2.05) is 17.0 Å². The summed E-state index contributed by atoms with van der Waals surface area (Å²) in [4.78, 5) is 13.1. The zero-order valence-corrected chi connectivity index (χ0v) is 10.4. The quantitative estimate of drug-likeness (QED) is 0.846. The molecule has 0 spiro atoms. The zero-order valence-electron chi connectivity index (χ0n) is 9.61. The Morgan fingerprint density at radius 3 is 2.61 bits per heavy atom. The zero-order chi connectivity index (χ0) is 12.9. The van der Waals surface area contributed by atoms with Crippen LogP contribution < -0.4 is 0 Å². The molecular formula is C12H13NO4S. The summed E-state index contributed by atoms with van der Waals surface area (Å²) in [6.07, 6.45) is 0. The lowest BCUT2D eigenvalue weighted by atomic mass is 9.95. The Morgan fingerprint density at radius 1 is 1.28 bits per heavy atom. The average molecular weight is 267 g/mol. The minimum Gasteiger partial charge on any atom is -0.481 e. The Hall–Kier alpha value is -1.40. The van der Waals surface area contributed by atoms with Gasteiger partial charge in [-0.1, -0.05) is 18.2 Å². The molecule has 1 unspecified atom stereocenters. The summed E-state index contributed by atoms with van der Waals surface area (Å²) in [7, 11) is -3.20. The first kappa shape index (κ1) is 11.7. The second-order valence-electron chi connectivity index (χ2n) is 4.82. The summed E-state index contributed by atoms with van der Waals surface area (Å²) >= 11 is 0. The van der Waals surface area contributed by atoms with Gasteiger partial charge in [0, 0.05) is 13.1 Å². The summed E-state index contributed by atoms with van der Waals surface area (Å²) < 4.78 is 24.0. The Kier molecular flexibility index (Phi) is 2.46. The van der Waals surface area contributed by atoms with Crippen molar-refractivity contribution in [1.29, 1.82) is 0 Å². The molecule has 0 aromatic heterocycles. The number of sulfone groups is 1. The summed E-state index contributed by atoms with van der Waals surface area (Å²) in [5.41, 5.74) is 0.807. The van der Waals surface area contributed by atoms with Gasteiger partial charge in [-0.05, 0) is 11.6 Å². The summed E-state index contributed by atoms with van der Waals surface area (Å²) in [5, 5.41) is 8.85. The van der Waals surface area contributed by atoms with Crippen molar-refractivity contribution in [3.63, 3.8) is 0 Å². The SMILES string of the molecule is O=C(O)C1CN(C2CS(=O)(=O)c3ccccc32)C1. The number of aliphatic carboxylic acids is 1. The van der Waals surface area contributed by atoms with Gasteiger partial charge in [0.25, 0.3) is 0 Å². The lowest BCUT2D eigenvalue weighted by Crippen LogP contribution is -2.52. The molecule has 96 valence electrons. The molecule has 2 aliphatic rings. The van der Waals surface area contributed by atoms with Gasteiger partial charge in [0.1, 0.15) is 0 Å². The standard InChI is InChI=1S/C12H13NO4S/c14-12(15)8-5-13(6-8)10-7-18(16,17)11-4-2-1-3-9(10)11/h1-4,8,10H,5-7H2,(H,14,15). The normalized spacial score (nSPS) is 26.6. The number of hydrogen-bond donors (Lipinski definition) is 1. The van der Waals surface area contributed by atoms with Crippen molar-refractivity contribution in [3.8, 4) is 0 Å². The molecule has 1 fully saturated rings. The molecule has 2 aliphatic heterocycles. The van der Waals surface area contributed by atoms with Gasteiger partial charge >= 0.3 is 5.97 Å². The molecule has 0 bridgehead atoms. The van der Waals surface area contributed by atoms with Crippen molar-refractivity contribution in [2.45, 2.75) is 10.9 Å². The molecule has 0 amide bonds. The van der Waals surface area contributed by atoms with E-state index in [4.69, 9.17) is 5.11 Å². The monoisotopic (exact) mass is 267 g/mol. The Bertz CT molecular complexity index is 604. The predicted octanol–water partition coefficient (Wildman–Crippen LogP) is 0.531. The maximum Gasteiger partial charge on any atom is 0.309 e. The second-order valence-corrected chi connectivity index (χ2v) is 6.83. The lowest BCUT2D eigenvalue weighted by Gasteiger charge is -2.40. The van der Waals surface area contributed by atoms with Crippen molar-refractivity contribution in [2.24, 2.45) is 5.92 Å². The minimum atomic E-state index is -3.20. The highest BCUT2D eigenvalue weighted by atomic mass is 32.2. The number of carboxylic acid groups (broad SMARTS) is 1. The first-order valence-electron chi connectivity index (χ1n) is 5.77. The molecule has 18 heavy (non-hydrogen) atoms. The predicted molar refractivity (Wildman–Crippen MR) is 63.9 cm³/mol. The molecule has 0 radical (unpaired) electrons. The van der Waals surface area contributed by atoms with Gasteiger partial charge in [-0.3, -0.25) is 9.69 Å². The first-order chi connectivity index (χ1) is 8.49. The van der Waals surface area contributed by atoms with Crippen LogP contribution in [-0.2, 0) is 14.6 Å². The van der Waals surface area contributed by atoms with E-state index >= 15 is 0 Å². The van der Waals surface area contributed by atoms with Crippen LogP contribution in [0.15, 0.2) is 29.2 Å². The number of rotatable bonds is 2. The molecule has 6 heteroatoms. The third-order valence-electron chi connectivity index (χ3n) is 3.69. The number of hydrogen-bond acceptors (Lipinski definition) is 4. The number of fused-ring (bicyclic) bond motifs is 1. The topological polar surface area (TPSA) is 74.7 Å². The van der Waals surface area contributed by atoms with Gasteiger partial charge in [0.05, 0.1) is 22.6 Å². The van der Waals surface area contributed by atoms with Gasteiger partial charge in [0.15, 0.2) is 9.84 Å². The lowest BCUT2D eigenvalue weighted by molar-refractivity contribution is -0.148. The van der Waals surface area contributed by atoms with Gasteiger partial charge in [-0.2, -0.15) is 0 Å². The van der Waals surface area contributed by atoms with Crippen molar-refractivity contribution in [1.82, 2.24) is 4.90 Å². The van der Waals surface area contributed by atoms with Crippen LogP contribution in [0.2, 0.25) is 0 Å². The number of likely N-dealkylation sites (tertiary alicyclic amines) is 1. The summed E-state index contributed by atoms with van der Waals surface area (Å²) in [6, 6.07) is 6.80. The van der Waals surface area contributed by atoms with E-state index in [9.17, 15) is 13.2 Å². The number of benzene rings is 1. The molecule has 1 atom stereocenters. The van der Waals surface area contributed by atoms with Crippen LogP contribution in [-0.4, -0.2) is 43.2 Å². The Morgan fingerprint density at radius 2 is 1.94 bits per heavy atom. The molecule has 1 aromatic rings. The first-order valence-corrected chi connectivity index (χ1v) is 7.43. The second kappa shape index (κ2) is 3.80. The van der Waals surface area contributed by atoms with Crippen molar-refractivity contribution in [2.75, 3.05) is 18.8 Å². The molecule has 3 rings (SSSR count). The maximum atomic E-state index is 12.0. The molecule has 1 N–H and O–H groups in total. The summed E-state index contributed by atoms with van der Waals surface area (Å²) in [5.74, 6) is -1.10. The fourth-order valence-corrected chi connectivity index (χ4v) is 4.49. The van der Waals surface area contributed by atoms with E-state index in [1.165, 1.54) is 0 Å². The van der Waals surface area contributed by atoms with Crippen molar-refractivity contribution in [3.05, 3.63) is 29.8 Å². The third-order valence-corrected chi connectivity index (χ3v) is 5.49. The van der Waals surface area contributed by atoms with Gasteiger partial charge in [-0.25, -0.2) is 8.42 Å². The van der Waals surface area contributed by atoms with Gasteiger partial charge < -0.3 is 5.11 Å². The smallest absolute Gasteiger partial charge is 0.309 e. The van der Waals surface area contributed by atoms with Crippen LogP contribution in [0, 0.1) is 5.92 Å². The molecular weight excluding hydrogens is 254 g/mol. The molecule has 0 aliphatic carbocycles. The highest BCUT2D eigenvalue weighted by molar-refractivity contribution is 7.91. The van der Waals surface area contributed by atoms with Crippen molar-refractivity contribution >= 4 is 15.8 Å². The van der Waals surface area contributed by atoms with Crippen LogP contribution in [0.3, 0.4) is 0 Å². The fourth-order valence-electron chi connectivity index (χ4n) is 2.65. The minimum absolute atomic E-state index is 0.0681. The van der Waals surface area contributed by atoms with Crippen LogP contribution in [0.1, 0.15) is 11.6 Å². The third kappa shape index (κ3) is 1.64. The molecule has 5 nitrogen and oxygen atoms in total. The van der Waals surface area contributed by atoms with Gasteiger partial charge in [-0.15, -0.1) is 0 Å².